The lowest BCUT2D eigenvalue weighted by Crippen LogP contribution is -2.34. The lowest BCUT2D eigenvalue weighted by molar-refractivity contribution is 0.0600. The summed E-state index contributed by atoms with van der Waals surface area (Å²) in [6.07, 6.45) is 10.6. The molecule has 0 spiro atoms. The molecule has 15 nitrogen and oxygen atoms in total. The maximum Gasteiger partial charge on any atom is 0.337 e. The van der Waals surface area contributed by atoms with Gasteiger partial charge in [0.1, 0.15) is 11.4 Å². The van der Waals surface area contributed by atoms with Crippen molar-refractivity contribution in [3.05, 3.63) is 143 Å². The summed E-state index contributed by atoms with van der Waals surface area (Å²) in [6.45, 7) is 2.42. The molecule has 2 saturated carbocycles. The van der Waals surface area contributed by atoms with E-state index >= 15 is 0 Å². The number of esters is 1. The standard InChI is InChI=1S/C53H55N13O2/c1-68-51(67)40-15-11-35(12-16-40)28-58-52-60-30-46-48(63-65(49(46)61-52)31-36-13-22-42(55)23-14-36)39-19-17-37(18-20-39)44-25-43(56)24-21-41(44)32-66-50-45(47(64-66)38-5-3-2-4-6-38)29-59-53(62-50)57-27-34-9-7-33(26-54)8-10-34/h2-12,15-20,29-30,36,41-44H,13-14,21-25,27-28,31-32,55-56H2,1H3,(H,57,59,62)(H,58,60,61). The highest BCUT2D eigenvalue weighted by Crippen LogP contribution is 2.41. The van der Waals surface area contributed by atoms with Crippen LogP contribution in [0.15, 0.2) is 116 Å². The number of nitrogens with two attached hydrogens (primary N) is 2. The zero-order chi connectivity index (χ0) is 46.6. The molecule has 0 amide bonds. The largest absolute Gasteiger partial charge is 0.465 e. The predicted octanol–water partition coefficient (Wildman–Crippen LogP) is 8.61. The molecule has 3 atom stereocenters. The van der Waals surface area contributed by atoms with Crippen LogP contribution in [0, 0.1) is 23.2 Å². The number of carbonyl (C=O) groups excluding carboxylic acids is 1. The van der Waals surface area contributed by atoms with E-state index in [9.17, 15) is 10.1 Å². The SMILES string of the molecule is COC(=O)c1ccc(CNc2ncc3c(-c4ccc(C5CC(N)CCC5Cn5nc(-c6ccccc6)c6cnc(NCc7ccc(C#N)cc7)nc65)cc4)nn(CC4CCC(N)CC4)c3n2)cc1. The first-order valence-electron chi connectivity index (χ1n) is 23.6. The fourth-order valence-corrected chi connectivity index (χ4v) is 9.92. The molecule has 6 N–H and O–H groups in total. The van der Waals surface area contributed by atoms with E-state index in [0.29, 0.717) is 48.6 Å². The third kappa shape index (κ3) is 9.65. The highest BCUT2D eigenvalue weighted by atomic mass is 16.5. The van der Waals surface area contributed by atoms with Crippen LogP contribution >= 0.6 is 0 Å². The van der Waals surface area contributed by atoms with Crippen LogP contribution in [0.3, 0.4) is 0 Å². The normalized spacial score (nSPS) is 19.4. The second-order valence-electron chi connectivity index (χ2n) is 18.3. The number of hydrogen-bond donors (Lipinski definition) is 4. The van der Waals surface area contributed by atoms with E-state index in [2.05, 4.69) is 62.5 Å². The maximum absolute atomic E-state index is 12.0. The van der Waals surface area contributed by atoms with Gasteiger partial charge in [0.2, 0.25) is 11.9 Å². The summed E-state index contributed by atoms with van der Waals surface area (Å²) in [4.78, 5) is 31.5. The van der Waals surface area contributed by atoms with Crippen molar-refractivity contribution in [1.29, 1.82) is 5.26 Å². The molecule has 3 unspecified atom stereocenters. The Kier molecular flexibility index (Phi) is 12.9. The fourth-order valence-electron chi connectivity index (χ4n) is 9.92. The fraction of sp³-hybridized carbons (Fsp3) is 0.321. The van der Waals surface area contributed by atoms with Gasteiger partial charge in [-0.05, 0) is 104 Å². The van der Waals surface area contributed by atoms with Crippen LogP contribution in [0.25, 0.3) is 44.6 Å². The van der Waals surface area contributed by atoms with Crippen LogP contribution < -0.4 is 22.1 Å². The number of nitrogens with one attached hydrogen (secondary N) is 2. The van der Waals surface area contributed by atoms with Crippen molar-refractivity contribution in [3.63, 3.8) is 0 Å². The summed E-state index contributed by atoms with van der Waals surface area (Å²) in [5.74, 6) is 1.56. The number of anilines is 2. The van der Waals surface area contributed by atoms with Crippen LogP contribution in [-0.4, -0.2) is 64.7 Å². The summed E-state index contributed by atoms with van der Waals surface area (Å²) in [5, 5.41) is 28.3. The first-order valence-corrected chi connectivity index (χ1v) is 23.6. The Bertz CT molecular complexity index is 3060. The van der Waals surface area contributed by atoms with Gasteiger partial charge in [-0.3, -0.25) is 0 Å². The lowest BCUT2D eigenvalue weighted by Gasteiger charge is -2.35. The molecule has 0 bridgehead atoms. The molecule has 4 heterocycles. The summed E-state index contributed by atoms with van der Waals surface area (Å²) in [7, 11) is 1.38. The molecule has 2 fully saturated rings. The third-order valence-corrected chi connectivity index (χ3v) is 13.8. The second-order valence-corrected chi connectivity index (χ2v) is 18.3. The van der Waals surface area contributed by atoms with Gasteiger partial charge in [-0.25, -0.2) is 24.1 Å². The zero-order valence-corrected chi connectivity index (χ0v) is 38.1. The van der Waals surface area contributed by atoms with Crippen LogP contribution in [0.2, 0.25) is 0 Å². The van der Waals surface area contributed by atoms with E-state index in [4.69, 9.17) is 46.3 Å². The first-order chi connectivity index (χ1) is 33.3. The minimum Gasteiger partial charge on any atom is -0.465 e. The molecule has 8 aromatic rings. The second kappa shape index (κ2) is 19.7. The monoisotopic (exact) mass is 905 g/mol. The van der Waals surface area contributed by atoms with E-state index in [1.54, 1.807) is 12.1 Å². The molecular weight excluding hydrogens is 851 g/mol. The topological polar surface area (TPSA) is 213 Å². The quantitative estimate of drug-likeness (QED) is 0.0754. The van der Waals surface area contributed by atoms with Gasteiger partial charge >= 0.3 is 5.97 Å². The van der Waals surface area contributed by atoms with Crippen molar-refractivity contribution >= 4 is 39.9 Å². The van der Waals surface area contributed by atoms with E-state index in [1.165, 1.54) is 12.7 Å². The van der Waals surface area contributed by atoms with Gasteiger partial charge in [-0.2, -0.15) is 25.4 Å². The number of hydrogen-bond acceptors (Lipinski definition) is 13. The number of nitriles is 1. The van der Waals surface area contributed by atoms with Crippen LogP contribution in [0.4, 0.5) is 11.9 Å². The highest BCUT2D eigenvalue weighted by molar-refractivity contribution is 5.92. The van der Waals surface area contributed by atoms with Crippen molar-refractivity contribution in [1.82, 2.24) is 39.5 Å². The summed E-state index contributed by atoms with van der Waals surface area (Å²) in [6, 6.07) is 36.4. The summed E-state index contributed by atoms with van der Waals surface area (Å²) >= 11 is 0. The number of benzene rings is 4. The van der Waals surface area contributed by atoms with Crippen LogP contribution in [-0.2, 0) is 30.9 Å². The minimum absolute atomic E-state index is 0.0960. The van der Waals surface area contributed by atoms with Gasteiger partial charge in [0, 0.05) is 61.8 Å². The van der Waals surface area contributed by atoms with Gasteiger partial charge < -0.3 is 26.8 Å². The average molecular weight is 906 g/mol. The zero-order valence-electron chi connectivity index (χ0n) is 38.1. The molecule has 10 rings (SSSR count). The Labute approximate surface area is 395 Å². The number of methoxy groups -OCH3 is 1. The number of aromatic nitrogens is 8. The van der Waals surface area contributed by atoms with E-state index < -0.39 is 0 Å². The molecule has 0 aliphatic heterocycles. The van der Waals surface area contributed by atoms with Crippen molar-refractivity contribution in [3.8, 4) is 28.6 Å². The Morgan fingerprint density at radius 3 is 1.84 bits per heavy atom. The Morgan fingerprint density at radius 1 is 0.691 bits per heavy atom. The van der Waals surface area contributed by atoms with Crippen molar-refractivity contribution in [2.75, 3.05) is 17.7 Å². The Morgan fingerprint density at radius 2 is 1.25 bits per heavy atom. The van der Waals surface area contributed by atoms with E-state index in [0.717, 1.165) is 107 Å². The number of ether oxygens (including phenoxy) is 1. The molecule has 344 valence electrons. The van der Waals surface area contributed by atoms with Gasteiger partial charge in [-0.1, -0.05) is 78.9 Å². The first kappa shape index (κ1) is 44.3. The number of nitrogens with zero attached hydrogens (tertiary/aromatic N) is 9. The van der Waals surface area contributed by atoms with Crippen molar-refractivity contribution < 1.29 is 9.53 Å². The van der Waals surface area contributed by atoms with Crippen molar-refractivity contribution in [2.24, 2.45) is 23.3 Å². The smallest absolute Gasteiger partial charge is 0.337 e. The number of fused-ring (bicyclic) bond motifs is 2. The molecular formula is C53H55N13O2. The molecule has 68 heavy (non-hydrogen) atoms. The molecule has 0 saturated heterocycles. The molecule has 2 aliphatic carbocycles. The third-order valence-electron chi connectivity index (χ3n) is 13.8. The average Bonchev–Trinajstić information content (AvgIpc) is 3.93. The molecule has 4 aromatic carbocycles. The van der Waals surface area contributed by atoms with Crippen molar-refractivity contribution in [2.45, 2.75) is 89.1 Å². The van der Waals surface area contributed by atoms with Crippen LogP contribution in [0.1, 0.15) is 83.5 Å². The van der Waals surface area contributed by atoms with Crippen LogP contribution in [0.5, 0.6) is 0 Å². The van der Waals surface area contributed by atoms with Gasteiger partial charge in [0.25, 0.3) is 0 Å². The summed E-state index contributed by atoms with van der Waals surface area (Å²) < 4.78 is 8.98. The van der Waals surface area contributed by atoms with E-state index in [-0.39, 0.29) is 29.9 Å². The lowest BCUT2D eigenvalue weighted by atomic mass is 9.73. The highest BCUT2D eigenvalue weighted by Gasteiger charge is 2.32. The Balaban J connectivity index is 0.919. The Hall–Kier alpha value is -7.54. The molecule has 2 aliphatic rings. The molecule has 0 radical (unpaired) electrons. The number of rotatable bonds is 14. The summed E-state index contributed by atoms with van der Waals surface area (Å²) in [5.41, 5.74) is 22.7. The predicted molar refractivity (Wildman–Crippen MR) is 263 cm³/mol. The van der Waals surface area contributed by atoms with Gasteiger partial charge in [0.15, 0.2) is 11.3 Å². The molecule has 15 heteroatoms. The van der Waals surface area contributed by atoms with E-state index in [1.807, 2.05) is 67.0 Å². The van der Waals surface area contributed by atoms with Gasteiger partial charge in [0.05, 0.1) is 35.1 Å². The maximum atomic E-state index is 12.0. The molecule has 4 aromatic heterocycles. The number of carbonyl (C=O) groups is 1. The van der Waals surface area contributed by atoms with Gasteiger partial charge in [-0.15, -0.1) is 0 Å². The minimum atomic E-state index is -0.367.